The first-order valence-corrected chi connectivity index (χ1v) is 8.30. The van der Waals surface area contributed by atoms with Crippen LogP contribution in [0.5, 0.6) is 0 Å². The third kappa shape index (κ3) is 4.20. The van der Waals surface area contributed by atoms with Crippen LogP contribution in [-0.4, -0.2) is 12.7 Å². The highest BCUT2D eigenvalue weighted by Gasteiger charge is 2.39. The standard InChI is InChI=1S/C20H30O/c1-16(2)9-8-13-20(21-4)14-12-19(17(3)15-20)18-10-6-5-7-11-18/h5-7,9-11,17,19H,8,12-15H2,1-4H3. The van der Waals surface area contributed by atoms with Gasteiger partial charge >= 0.3 is 0 Å². The van der Waals surface area contributed by atoms with Crippen LogP contribution in [0.15, 0.2) is 42.0 Å². The SMILES string of the molecule is COC1(CCC=C(C)C)CCC(c2ccccc2)C(C)C1. The average Bonchev–Trinajstić information content (AvgIpc) is 2.48. The van der Waals surface area contributed by atoms with E-state index in [2.05, 4.69) is 57.2 Å². The van der Waals surface area contributed by atoms with Crippen LogP contribution in [0.3, 0.4) is 0 Å². The first kappa shape index (κ1) is 16.3. The quantitative estimate of drug-likeness (QED) is 0.629. The molecule has 3 unspecified atom stereocenters. The highest BCUT2D eigenvalue weighted by molar-refractivity contribution is 5.21. The van der Waals surface area contributed by atoms with E-state index in [0.29, 0.717) is 11.8 Å². The Bertz CT molecular complexity index is 458. The van der Waals surface area contributed by atoms with Gasteiger partial charge in [-0.25, -0.2) is 0 Å². The van der Waals surface area contributed by atoms with Crippen LogP contribution in [-0.2, 0) is 4.74 Å². The second-order valence-electron chi connectivity index (χ2n) is 6.94. The molecule has 1 fully saturated rings. The van der Waals surface area contributed by atoms with Gasteiger partial charge in [-0.1, -0.05) is 48.9 Å². The number of rotatable bonds is 5. The van der Waals surface area contributed by atoms with E-state index >= 15 is 0 Å². The fourth-order valence-corrected chi connectivity index (χ4v) is 3.87. The monoisotopic (exact) mass is 286 g/mol. The summed E-state index contributed by atoms with van der Waals surface area (Å²) in [7, 11) is 1.90. The number of ether oxygens (including phenoxy) is 1. The van der Waals surface area contributed by atoms with Crippen LogP contribution in [0.4, 0.5) is 0 Å². The van der Waals surface area contributed by atoms with Crippen LogP contribution in [0.1, 0.15) is 64.4 Å². The molecule has 1 aliphatic rings. The second kappa shape index (κ2) is 7.26. The summed E-state index contributed by atoms with van der Waals surface area (Å²) in [6, 6.07) is 11.0. The van der Waals surface area contributed by atoms with Crippen molar-refractivity contribution in [3.8, 4) is 0 Å². The van der Waals surface area contributed by atoms with Gasteiger partial charge < -0.3 is 4.74 Å². The minimum Gasteiger partial charge on any atom is -0.378 e. The average molecular weight is 286 g/mol. The van der Waals surface area contributed by atoms with Gasteiger partial charge in [-0.3, -0.25) is 0 Å². The Hall–Kier alpha value is -1.08. The lowest BCUT2D eigenvalue weighted by Gasteiger charge is -2.43. The maximum atomic E-state index is 5.99. The molecule has 2 rings (SSSR count). The Morgan fingerprint density at radius 3 is 2.57 bits per heavy atom. The zero-order valence-corrected chi connectivity index (χ0v) is 14.1. The van der Waals surface area contributed by atoms with Gasteiger partial charge in [0.1, 0.15) is 0 Å². The highest BCUT2D eigenvalue weighted by atomic mass is 16.5. The Morgan fingerprint density at radius 2 is 2.00 bits per heavy atom. The van der Waals surface area contributed by atoms with Crippen LogP contribution in [0.2, 0.25) is 0 Å². The fraction of sp³-hybridized carbons (Fsp3) is 0.600. The van der Waals surface area contributed by atoms with Crippen LogP contribution in [0.25, 0.3) is 0 Å². The van der Waals surface area contributed by atoms with Crippen molar-refractivity contribution in [2.75, 3.05) is 7.11 Å². The van der Waals surface area contributed by atoms with Crippen LogP contribution in [0, 0.1) is 5.92 Å². The molecule has 0 spiro atoms. The molecule has 0 saturated heterocycles. The molecule has 21 heavy (non-hydrogen) atoms. The molecule has 3 atom stereocenters. The van der Waals surface area contributed by atoms with Crippen molar-refractivity contribution in [3.05, 3.63) is 47.5 Å². The molecule has 0 radical (unpaired) electrons. The number of hydrogen-bond donors (Lipinski definition) is 0. The second-order valence-corrected chi connectivity index (χ2v) is 6.94. The molecule has 1 heteroatoms. The van der Waals surface area contributed by atoms with Gasteiger partial charge in [-0.15, -0.1) is 0 Å². The molecule has 0 aromatic heterocycles. The van der Waals surface area contributed by atoms with Gasteiger partial charge in [0.05, 0.1) is 5.60 Å². The predicted octanol–water partition coefficient (Wildman–Crippen LogP) is 5.72. The molecular formula is C20H30O. The molecule has 1 aromatic carbocycles. The molecule has 116 valence electrons. The van der Waals surface area contributed by atoms with Crippen molar-refractivity contribution in [2.45, 2.75) is 64.4 Å². The number of benzene rings is 1. The molecule has 1 saturated carbocycles. The molecule has 0 amide bonds. The molecule has 1 nitrogen and oxygen atoms in total. The first-order valence-electron chi connectivity index (χ1n) is 8.30. The van der Waals surface area contributed by atoms with E-state index in [0.717, 1.165) is 12.8 Å². The summed E-state index contributed by atoms with van der Waals surface area (Å²) in [5.41, 5.74) is 3.00. The first-order chi connectivity index (χ1) is 10.1. The number of allylic oxidation sites excluding steroid dienone is 2. The Labute approximate surface area is 130 Å². The van der Waals surface area contributed by atoms with Crippen molar-refractivity contribution in [2.24, 2.45) is 5.92 Å². The van der Waals surface area contributed by atoms with Crippen LogP contribution >= 0.6 is 0 Å². The number of methoxy groups -OCH3 is 1. The van der Waals surface area contributed by atoms with Crippen LogP contribution < -0.4 is 0 Å². The Kier molecular flexibility index (Phi) is 5.64. The minimum atomic E-state index is 0.0939. The van der Waals surface area contributed by atoms with E-state index in [1.165, 1.54) is 30.4 Å². The summed E-state index contributed by atoms with van der Waals surface area (Å²) >= 11 is 0. The molecule has 1 aromatic rings. The molecule has 1 aliphatic carbocycles. The maximum Gasteiger partial charge on any atom is 0.0684 e. The summed E-state index contributed by atoms with van der Waals surface area (Å²) in [6.45, 7) is 6.74. The van der Waals surface area contributed by atoms with Gasteiger partial charge in [0, 0.05) is 7.11 Å². The Balaban J connectivity index is 2.02. The van der Waals surface area contributed by atoms with Gasteiger partial charge in [0.2, 0.25) is 0 Å². The lowest BCUT2D eigenvalue weighted by molar-refractivity contribution is -0.0626. The minimum absolute atomic E-state index is 0.0939. The van der Waals surface area contributed by atoms with Gasteiger partial charge in [-0.05, 0) is 63.4 Å². The van der Waals surface area contributed by atoms with E-state index in [1.54, 1.807) is 0 Å². The van der Waals surface area contributed by atoms with Crippen molar-refractivity contribution in [1.82, 2.24) is 0 Å². The summed E-state index contributed by atoms with van der Waals surface area (Å²) in [6.07, 6.45) is 8.24. The van der Waals surface area contributed by atoms with Crippen molar-refractivity contribution in [3.63, 3.8) is 0 Å². The summed E-state index contributed by atoms with van der Waals surface area (Å²) in [5.74, 6) is 1.38. The van der Waals surface area contributed by atoms with E-state index in [-0.39, 0.29) is 5.60 Å². The third-order valence-electron chi connectivity index (χ3n) is 5.11. The fourth-order valence-electron chi connectivity index (χ4n) is 3.87. The van der Waals surface area contributed by atoms with Gasteiger partial charge in [0.25, 0.3) is 0 Å². The summed E-state index contributed by atoms with van der Waals surface area (Å²) in [4.78, 5) is 0. The van der Waals surface area contributed by atoms with Crippen molar-refractivity contribution >= 4 is 0 Å². The van der Waals surface area contributed by atoms with E-state index in [1.807, 2.05) is 7.11 Å². The Morgan fingerprint density at radius 1 is 1.29 bits per heavy atom. The van der Waals surface area contributed by atoms with Crippen molar-refractivity contribution in [1.29, 1.82) is 0 Å². The number of hydrogen-bond acceptors (Lipinski definition) is 1. The van der Waals surface area contributed by atoms with E-state index < -0.39 is 0 Å². The van der Waals surface area contributed by atoms with Gasteiger partial charge in [0.15, 0.2) is 0 Å². The van der Waals surface area contributed by atoms with E-state index in [9.17, 15) is 0 Å². The summed E-state index contributed by atoms with van der Waals surface area (Å²) < 4.78 is 5.99. The highest BCUT2D eigenvalue weighted by Crippen LogP contribution is 2.45. The van der Waals surface area contributed by atoms with Gasteiger partial charge in [-0.2, -0.15) is 0 Å². The lowest BCUT2D eigenvalue weighted by Crippen LogP contribution is -2.39. The lowest BCUT2D eigenvalue weighted by atomic mass is 9.68. The van der Waals surface area contributed by atoms with E-state index in [4.69, 9.17) is 4.74 Å². The van der Waals surface area contributed by atoms with Crippen molar-refractivity contribution < 1.29 is 4.74 Å². The molecule has 0 heterocycles. The predicted molar refractivity (Wildman–Crippen MR) is 90.6 cm³/mol. The smallest absolute Gasteiger partial charge is 0.0684 e. The zero-order valence-electron chi connectivity index (χ0n) is 14.1. The zero-order chi connectivity index (χ0) is 15.3. The largest absolute Gasteiger partial charge is 0.378 e. The molecule has 0 aliphatic heterocycles. The normalized spacial score (nSPS) is 29.1. The maximum absolute atomic E-state index is 5.99. The molecular weight excluding hydrogens is 256 g/mol. The molecule has 0 bridgehead atoms. The molecule has 0 N–H and O–H groups in total. The topological polar surface area (TPSA) is 9.23 Å². The third-order valence-corrected chi connectivity index (χ3v) is 5.11. The summed E-state index contributed by atoms with van der Waals surface area (Å²) in [5, 5.41) is 0.